The summed E-state index contributed by atoms with van der Waals surface area (Å²) >= 11 is 0. The van der Waals surface area contributed by atoms with Crippen LogP contribution in [0.25, 0.3) is 0 Å². The molecule has 1 aromatic carbocycles. The first-order valence-electron chi connectivity index (χ1n) is 5.87. The molecule has 3 nitrogen and oxygen atoms in total. The number of hydrogen-bond acceptors (Lipinski definition) is 3. The molecule has 16 heavy (non-hydrogen) atoms. The maximum Gasteiger partial charge on any atom is 0.0637 e. The fraction of sp³-hybridized carbons (Fsp3) is 0.538. The molecule has 3 heteroatoms. The summed E-state index contributed by atoms with van der Waals surface area (Å²) in [5, 5.41) is 9.46. The average Bonchev–Trinajstić information content (AvgIpc) is 2.63. The molecule has 0 aromatic heterocycles. The Bertz CT molecular complexity index is 378. The Labute approximate surface area is 96.9 Å². The molecule has 0 spiro atoms. The largest absolute Gasteiger partial charge is 0.398 e. The Morgan fingerprint density at radius 1 is 1.50 bits per heavy atom. The molecule has 1 aliphatic rings. The highest BCUT2D eigenvalue weighted by molar-refractivity contribution is 5.65. The third-order valence-electron chi connectivity index (χ3n) is 3.73. The molecule has 2 unspecified atom stereocenters. The summed E-state index contributed by atoms with van der Waals surface area (Å²) in [6, 6.07) is 6.23. The van der Waals surface area contributed by atoms with Gasteiger partial charge < -0.3 is 15.7 Å². The summed E-state index contributed by atoms with van der Waals surface area (Å²) < 4.78 is 0. The van der Waals surface area contributed by atoms with Crippen molar-refractivity contribution in [1.29, 1.82) is 0 Å². The first-order chi connectivity index (χ1) is 7.65. The van der Waals surface area contributed by atoms with Crippen LogP contribution in [0.5, 0.6) is 0 Å². The maximum atomic E-state index is 9.46. The van der Waals surface area contributed by atoms with Crippen LogP contribution < -0.4 is 10.6 Å². The van der Waals surface area contributed by atoms with Crippen molar-refractivity contribution in [2.75, 3.05) is 23.8 Å². The summed E-state index contributed by atoms with van der Waals surface area (Å²) in [7, 11) is 0. The van der Waals surface area contributed by atoms with E-state index in [-0.39, 0.29) is 12.6 Å². The lowest BCUT2D eigenvalue weighted by atomic mass is 10.0. The zero-order chi connectivity index (χ0) is 11.7. The van der Waals surface area contributed by atoms with Crippen LogP contribution in [0.2, 0.25) is 0 Å². The van der Waals surface area contributed by atoms with Gasteiger partial charge in [0.25, 0.3) is 0 Å². The van der Waals surface area contributed by atoms with Crippen LogP contribution in [0.4, 0.5) is 11.4 Å². The number of aliphatic hydroxyl groups excluding tert-OH is 1. The van der Waals surface area contributed by atoms with Crippen LogP contribution in [0, 0.1) is 12.8 Å². The highest BCUT2D eigenvalue weighted by Crippen LogP contribution is 2.33. The molecule has 2 rings (SSSR count). The Morgan fingerprint density at radius 3 is 2.94 bits per heavy atom. The van der Waals surface area contributed by atoms with E-state index in [1.807, 2.05) is 19.1 Å². The number of anilines is 2. The number of rotatable bonds is 2. The molecule has 1 fully saturated rings. The molecule has 1 saturated heterocycles. The van der Waals surface area contributed by atoms with E-state index in [0.29, 0.717) is 5.92 Å². The Balaban J connectivity index is 2.34. The molecule has 1 aliphatic heterocycles. The fourth-order valence-corrected chi connectivity index (χ4v) is 2.54. The van der Waals surface area contributed by atoms with Crippen LogP contribution in [0.1, 0.15) is 18.9 Å². The lowest BCUT2D eigenvalue weighted by Gasteiger charge is -2.29. The Kier molecular flexibility index (Phi) is 3.06. The van der Waals surface area contributed by atoms with Crippen LogP contribution in [0.3, 0.4) is 0 Å². The molecule has 0 radical (unpaired) electrons. The lowest BCUT2D eigenvalue weighted by molar-refractivity contribution is 0.244. The molecular weight excluding hydrogens is 200 g/mol. The van der Waals surface area contributed by atoms with Gasteiger partial charge >= 0.3 is 0 Å². The monoisotopic (exact) mass is 220 g/mol. The first kappa shape index (κ1) is 11.3. The van der Waals surface area contributed by atoms with Gasteiger partial charge in [0, 0.05) is 17.9 Å². The summed E-state index contributed by atoms with van der Waals surface area (Å²) in [5.41, 5.74) is 9.04. The normalized spacial score (nSPS) is 25.1. The molecule has 0 aliphatic carbocycles. The molecule has 1 aromatic rings. The number of benzene rings is 1. The van der Waals surface area contributed by atoms with E-state index in [4.69, 9.17) is 5.73 Å². The topological polar surface area (TPSA) is 49.5 Å². The van der Waals surface area contributed by atoms with Crippen molar-refractivity contribution < 1.29 is 5.11 Å². The van der Waals surface area contributed by atoms with Crippen LogP contribution in [0.15, 0.2) is 18.2 Å². The van der Waals surface area contributed by atoms with Crippen molar-refractivity contribution in [2.45, 2.75) is 26.3 Å². The third-order valence-corrected chi connectivity index (χ3v) is 3.73. The summed E-state index contributed by atoms with van der Waals surface area (Å²) in [4.78, 5) is 2.29. The molecule has 0 saturated carbocycles. The SMILES string of the molecule is Cc1c(N)cccc1N1CCC(C)C1CO. The molecule has 88 valence electrons. The van der Waals surface area contributed by atoms with E-state index < -0.39 is 0 Å². The second-order valence-electron chi connectivity index (χ2n) is 4.70. The van der Waals surface area contributed by atoms with E-state index in [2.05, 4.69) is 17.9 Å². The minimum atomic E-state index is 0.218. The van der Waals surface area contributed by atoms with Gasteiger partial charge in [0.05, 0.1) is 12.6 Å². The van der Waals surface area contributed by atoms with Crippen molar-refractivity contribution in [3.63, 3.8) is 0 Å². The number of nitrogens with two attached hydrogens (primary N) is 1. The summed E-state index contributed by atoms with van der Waals surface area (Å²) in [6.45, 7) is 5.47. The van der Waals surface area contributed by atoms with Gasteiger partial charge in [0.1, 0.15) is 0 Å². The predicted octanol–water partition coefficient (Wildman–Crippen LogP) is 1.78. The molecule has 3 N–H and O–H groups in total. The van der Waals surface area contributed by atoms with Crippen molar-refractivity contribution >= 4 is 11.4 Å². The van der Waals surface area contributed by atoms with E-state index in [0.717, 1.165) is 24.2 Å². The third kappa shape index (κ3) is 1.76. The van der Waals surface area contributed by atoms with Crippen molar-refractivity contribution in [1.82, 2.24) is 0 Å². The molecule has 0 amide bonds. The van der Waals surface area contributed by atoms with Crippen molar-refractivity contribution in [2.24, 2.45) is 5.92 Å². The van der Waals surface area contributed by atoms with Crippen LogP contribution >= 0.6 is 0 Å². The molecule has 1 heterocycles. The Hall–Kier alpha value is -1.22. The summed E-state index contributed by atoms with van der Waals surface area (Å²) in [6.07, 6.45) is 1.14. The number of aliphatic hydroxyl groups is 1. The van der Waals surface area contributed by atoms with Gasteiger partial charge in [0.15, 0.2) is 0 Å². The van der Waals surface area contributed by atoms with Gasteiger partial charge in [-0.15, -0.1) is 0 Å². The van der Waals surface area contributed by atoms with Crippen molar-refractivity contribution in [3.8, 4) is 0 Å². The second-order valence-corrected chi connectivity index (χ2v) is 4.70. The van der Waals surface area contributed by atoms with Gasteiger partial charge in [0.2, 0.25) is 0 Å². The minimum Gasteiger partial charge on any atom is -0.398 e. The van der Waals surface area contributed by atoms with E-state index in [1.54, 1.807) is 0 Å². The van der Waals surface area contributed by atoms with Gasteiger partial charge in [-0.1, -0.05) is 13.0 Å². The Morgan fingerprint density at radius 2 is 2.25 bits per heavy atom. The predicted molar refractivity (Wildman–Crippen MR) is 67.6 cm³/mol. The zero-order valence-electron chi connectivity index (χ0n) is 9.98. The van der Waals surface area contributed by atoms with Gasteiger partial charge in [-0.2, -0.15) is 0 Å². The quantitative estimate of drug-likeness (QED) is 0.747. The van der Waals surface area contributed by atoms with E-state index >= 15 is 0 Å². The van der Waals surface area contributed by atoms with Crippen LogP contribution in [-0.2, 0) is 0 Å². The zero-order valence-corrected chi connectivity index (χ0v) is 9.98. The standard InChI is InChI=1S/C13H20N2O/c1-9-6-7-15(13(9)8-16)12-5-3-4-11(14)10(12)2/h3-5,9,13,16H,6-8,14H2,1-2H3. The highest BCUT2D eigenvalue weighted by atomic mass is 16.3. The molecular formula is C13H20N2O. The van der Waals surface area contributed by atoms with E-state index in [1.165, 1.54) is 5.69 Å². The molecule has 2 atom stereocenters. The lowest BCUT2D eigenvalue weighted by Crippen LogP contribution is -2.35. The van der Waals surface area contributed by atoms with Gasteiger partial charge in [-0.05, 0) is 37.0 Å². The second kappa shape index (κ2) is 4.34. The smallest absolute Gasteiger partial charge is 0.0637 e. The first-order valence-corrected chi connectivity index (χ1v) is 5.87. The molecule has 0 bridgehead atoms. The summed E-state index contributed by atoms with van der Waals surface area (Å²) in [5.74, 6) is 0.547. The number of nitrogens with zero attached hydrogens (tertiary/aromatic N) is 1. The number of hydrogen-bond donors (Lipinski definition) is 2. The highest BCUT2D eigenvalue weighted by Gasteiger charge is 2.31. The average molecular weight is 220 g/mol. The van der Waals surface area contributed by atoms with Gasteiger partial charge in [-0.25, -0.2) is 0 Å². The fourth-order valence-electron chi connectivity index (χ4n) is 2.54. The number of nitrogen functional groups attached to an aromatic ring is 1. The van der Waals surface area contributed by atoms with Crippen LogP contribution in [-0.4, -0.2) is 24.3 Å². The van der Waals surface area contributed by atoms with Crippen molar-refractivity contribution in [3.05, 3.63) is 23.8 Å². The minimum absolute atomic E-state index is 0.218. The van der Waals surface area contributed by atoms with Gasteiger partial charge in [-0.3, -0.25) is 0 Å². The maximum absolute atomic E-state index is 9.46. The van der Waals surface area contributed by atoms with E-state index in [9.17, 15) is 5.11 Å².